The molecule has 0 aromatic rings. The maximum absolute atomic E-state index is 3.68. The van der Waals surface area contributed by atoms with Gasteiger partial charge in [0.15, 0.2) is 0 Å². The van der Waals surface area contributed by atoms with E-state index < -0.39 is 0 Å². The minimum Gasteiger partial charge on any atom is -0.303 e. The van der Waals surface area contributed by atoms with Crippen molar-refractivity contribution in [1.29, 1.82) is 0 Å². The molecule has 0 aromatic carbocycles. The maximum Gasteiger partial charge on any atom is -0.00188 e. The molecule has 0 fully saturated rings. The molecule has 22 heavy (non-hydrogen) atoms. The third-order valence-electron chi connectivity index (χ3n) is 4.00. The molecule has 0 aromatic heterocycles. The van der Waals surface area contributed by atoms with E-state index in [4.69, 9.17) is 0 Å². The monoisotopic (exact) mass is 311 g/mol. The third-order valence-corrected chi connectivity index (χ3v) is 4.00. The van der Waals surface area contributed by atoms with E-state index in [2.05, 4.69) is 39.2 Å². The lowest BCUT2D eigenvalue weighted by atomic mass is 10.1. The molecule has 0 saturated carbocycles. The second kappa shape index (κ2) is 23.0. The summed E-state index contributed by atoms with van der Waals surface area (Å²) in [6, 6.07) is 0. The van der Waals surface area contributed by atoms with Crippen LogP contribution in [0.1, 0.15) is 105 Å². The van der Waals surface area contributed by atoms with Crippen LogP contribution in [0.3, 0.4) is 0 Å². The van der Waals surface area contributed by atoms with Gasteiger partial charge in [0, 0.05) is 0 Å². The molecular weight excluding hydrogens is 266 g/mol. The summed E-state index contributed by atoms with van der Waals surface area (Å²) >= 11 is 0. The Hall–Kier alpha value is -0.300. The molecule has 0 atom stereocenters. The molecule has 134 valence electrons. The van der Waals surface area contributed by atoms with Crippen molar-refractivity contribution in [3.8, 4) is 0 Å². The fourth-order valence-corrected chi connectivity index (χ4v) is 2.37. The highest BCUT2D eigenvalue weighted by molar-refractivity contribution is 4.65. The number of nitrogens with zero attached hydrogens (tertiary/aromatic N) is 1. The lowest BCUT2D eigenvalue weighted by Gasteiger charge is -2.21. The molecular formula is C21H45N. The molecule has 1 heteroatoms. The summed E-state index contributed by atoms with van der Waals surface area (Å²) in [6.45, 7) is 16.7. The summed E-state index contributed by atoms with van der Waals surface area (Å²) in [5, 5.41) is 0. The molecule has 1 nitrogen and oxygen atoms in total. The predicted molar refractivity (Wildman–Crippen MR) is 105 cm³/mol. The Morgan fingerprint density at radius 2 is 1.00 bits per heavy atom. The summed E-state index contributed by atoms with van der Waals surface area (Å²) in [4.78, 5) is 2.64. The highest BCUT2D eigenvalue weighted by Gasteiger charge is 2.01. The van der Waals surface area contributed by atoms with Crippen molar-refractivity contribution in [2.24, 2.45) is 0 Å². The minimum absolute atomic E-state index is 1.20. The van der Waals surface area contributed by atoms with Crippen molar-refractivity contribution in [2.75, 3.05) is 19.6 Å². The number of allylic oxidation sites excluding steroid dienone is 1. The molecule has 0 radical (unpaired) electrons. The Morgan fingerprint density at radius 3 is 1.36 bits per heavy atom. The number of rotatable bonds is 15. The molecule has 0 rings (SSSR count). The van der Waals surface area contributed by atoms with Crippen LogP contribution in [0.5, 0.6) is 0 Å². The lowest BCUT2D eigenvalue weighted by molar-refractivity contribution is 0.261. The van der Waals surface area contributed by atoms with Crippen molar-refractivity contribution in [2.45, 2.75) is 105 Å². The molecule has 0 saturated heterocycles. The third kappa shape index (κ3) is 22.0. The van der Waals surface area contributed by atoms with Gasteiger partial charge in [0.05, 0.1) is 0 Å². The quantitative estimate of drug-likeness (QED) is 0.228. The molecule has 0 aliphatic carbocycles. The van der Waals surface area contributed by atoms with Crippen molar-refractivity contribution in [3.05, 3.63) is 12.7 Å². The SMILES string of the molecule is C=CCCCCCCC.CCCCN(CCCC)CCCC. The van der Waals surface area contributed by atoms with Crippen LogP contribution in [0.25, 0.3) is 0 Å². The second-order valence-electron chi connectivity index (χ2n) is 6.39. The smallest absolute Gasteiger partial charge is 0.00188 e. The van der Waals surface area contributed by atoms with Crippen LogP contribution < -0.4 is 0 Å². The van der Waals surface area contributed by atoms with Crippen LogP contribution in [0.15, 0.2) is 12.7 Å². The van der Waals surface area contributed by atoms with Crippen LogP contribution in [-0.4, -0.2) is 24.5 Å². The first-order chi connectivity index (χ1) is 10.8. The van der Waals surface area contributed by atoms with Gasteiger partial charge in [0.25, 0.3) is 0 Å². The maximum atomic E-state index is 3.68. The first kappa shape index (κ1) is 24.0. The minimum atomic E-state index is 1.20. The Bertz CT molecular complexity index is 169. The Morgan fingerprint density at radius 1 is 0.591 bits per heavy atom. The zero-order valence-corrected chi connectivity index (χ0v) is 16.3. The zero-order chi connectivity index (χ0) is 16.9. The van der Waals surface area contributed by atoms with E-state index in [-0.39, 0.29) is 0 Å². The van der Waals surface area contributed by atoms with E-state index in [0.717, 1.165) is 0 Å². The summed E-state index contributed by atoms with van der Waals surface area (Å²) in [5.41, 5.74) is 0. The summed E-state index contributed by atoms with van der Waals surface area (Å²) in [5.74, 6) is 0. The van der Waals surface area contributed by atoms with E-state index in [1.54, 1.807) is 0 Å². The largest absolute Gasteiger partial charge is 0.303 e. The number of hydrogen-bond acceptors (Lipinski definition) is 1. The van der Waals surface area contributed by atoms with Gasteiger partial charge in [-0.3, -0.25) is 0 Å². The second-order valence-corrected chi connectivity index (χ2v) is 6.39. The van der Waals surface area contributed by atoms with Crippen molar-refractivity contribution in [3.63, 3.8) is 0 Å². The van der Waals surface area contributed by atoms with Gasteiger partial charge in [0.2, 0.25) is 0 Å². The molecule has 0 spiro atoms. The highest BCUT2D eigenvalue weighted by Crippen LogP contribution is 2.04. The molecule has 0 bridgehead atoms. The number of unbranched alkanes of at least 4 members (excludes halogenated alkanes) is 8. The molecule has 0 heterocycles. The van der Waals surface area contributed by atoms with E-state index in [1.807, 2.05) is 6.08 Å². The van der Waals surface area contributed by atoms with Gasteiger partial charge in [-0.05, 0) is 51.7 Å². The average molecular weight is 312 g/mol. The fourth-order valence-electron chi connectivity index (χ4n) is 2.37. The predicted octanol–water partition coefficient (Wildman–Crippen LogP) is 7.22. The van der Waals surface area contributed by atoms with Crippen LogP contribution in [-0.2, 0) is 0 Å². The summed E-state index contributed by atoms with van der Waals surface area (Å²) in [6.07, 6.45) is 18.2. The normalized spacial score (nSPS) is 10.4. The Balaban J connectivity index is 0. The molecule has 0 N–H and O–H groups in total. The van der Waals surface area contributed by atoms with E-state index >= 15 is 0 Å². The van der Waals surface area contributed by atoms with Crippen LogP contribution in [0.2, 0.25) is 0 Å². The first-order valence-corrected chi connectivity index (χ1v) is 10.1. The highest BCUT2D eigenvalue weighted by atomic mass is 15.1. The van der Waals surface area contributed by atoms with Gasteiger partial charge in [-0.25, -0.2) is 0 Å². The number of hydrogen-bond donors (Lipinski definition) is 0. The van der Waals surface area contributed by atoms with Gasteiger partial charge >= 0.3 is 0 Å². The average Bonchev–Trinajstić information content (AvgIpc) is 2.55. The van der Waals surface area contributed by atoms with Crippen molar-refractivity contribution in [1.82, 2.24) is 4.90 Å². The zero-order valence-electron chi connectivity index (χ0n) is 16.3. The van der Waals surface area contributed by atoms with Gasteiger partial charge < -0.3 is 4.90 Å². The standard InChI is InChI=1S/C12H27N.C9H18/c1-4-7-10-13(11-8-5-2)12-9-6-3;1-3-5-7-9-8-6-4-2/h4-12H2,1-3H3;3H,1,4-9H2,2H3. The van der Waals surface area contributed by atoms with E-state index in [1.165, 1.54) is 96.7 Å². The topological polar surface area (TPSA) is 3.24 Å². The van der Waals surface area contributed by atoms with Gasteiger partial charge in [0.1, 0.15) is 0 Å². The molecule has 0 aliphatic rings. The van der Waals surface area contributed by atoms with Crippen molar-refractivity contribution < 1.29 is 0 Å². The van der Waals surface area contributed by atoms with Crippen LogP contribution in [0.4, 0.5) is 0 Å². The van der Waals surface area contributed by atoms with Crippen molar-refractivity contribution >= 4 is 0 Å². The van der Waals surface area contributed by atoms with Gasteiger partial charge in [-0.1, -0.05) is 78.7 Å². The molecule has 0 unspecified atom stereocenters. The van der Waals surface area contributed by atoms with E-state index in [0.29, 0.717) is 0 Å². The van der Waals surface area contributed by atoms with Gasteiger partial charge in [-0.2, -0.15) is 0 Å². The summed E-state index contributed by atoms with van der Waals surface area (Å²) < 4.78 is 0. The van der Waals surface area contributed by atoms with E-state index in [9.17, 15) is 0 Å². The molecule has 0 amide bonds. The Kier molecular flexibility index (Phi) is 25.0. The fraction of sp³-hybridized carbons (Fsp3) is 0.905. The lowest BCUT2D eigenvalue weighted by Crippen LogP contribution is -2.27. The van der Waals surface area contributed by atoms with Crippen LogP contribution >= 0.6 is 0 Å². The summed E-state index contributed by atoms with van der Waals surface area (Å²) in [7, 11) is 0. The van der Waals surface area contributed by atoms with Crippen LogP contribution in [0, 0.1) is 0 Å². The first-order valence-electron chi connectivity index (χ1n) is 10.1. The molecule has 0 aliphatic heterocycles. The van der Waals surface area contributed by atoms with Gasteiger partial charge in [-0.15, -0.1) is 6.58 Å². The Labute approximate surface area is 142 Å².